The van der Waals surface area contributed by atoms with Gasteiger partial charge >= 0.3 is 6.03 Å². The Morgan fingerprint density at radius 1 is 1.03 bits per heavy atom. The molecule has 2 aliphatic rings. The number of halogens is 2. The maximum atomic E-state index is 13.3. The van der Waals surface area contributed by atoms with Gasteiger partial charge < -0.3 is 4.90 Å². The van der Waals surface area contributed by atoms with E-state index in [-0.39, 0.29) is 35.0 Å². The van der Waals surface area contributed by atoms with Crippen LogP contribution in [0.5, 0.6) is 0 Å². The maximum absolute atomic E-state index is 13.3. The molecule has 3 atom stereocenters. The third-order valence-electron chi connectivity index (χ3n) is 5.62. The minimum absolute atomic E-state index is 0.0643. The second-order valence-electron chi connectivity index (χ2n) is 7.43. The van der Waals surface area contributed by atoms with Crippen LogP contribution in [0.3, 0.4) is 0 Å². The Morgan fingerprint density at radius 3 is 2.41 bits per heavy atom. The molecule has 0 bridgehead atoms. The van der Waals surface area contributed by atoms with E-state index < -0.39 is 6.03 Å². The Morgan fingerprint density at radius 2 is 1.72 bits per heavy atom. The lowest BCUT2D eigenvalue weighted by Crippen LogP contribution is -2.64. The number of rotatable bonds is 4. The highest BCUT2D eigenvalue weighted by Gasteiger charge is 2.49. The highest BCUT2D eigenvalue weighted by molar-refractivity contribution is 9.09. The first-order chi connectivity index (χ1) is 14.0. The van der Waals surface area contributed by atoms with Gasteiger partial charge in [-0.15, -0.1) is 0 Å². The van der Waals surface area contributed by atoms with Crippen molar-refractivity contribution in [3.05, 3.63) is 65.2 Å². The molecule has 0 N–H and O–H groups in total. The van der Waals surface area contributed by atoms with Crippen molar-refractivity contribution in [1.82, 2.24) is 4.90 Å². The molecule has 2 fully saturated rings. The first-order valence-corrected chi connectivity index (χ1v) is 10.9. The van der Waals surface area contributed by atoms with Crippen molar-refractivity contribution >= 4 is 50.9 Å². The number of para-hydroxylation sites is 1. The molecule has 0 spiro atoms. The number of alkyl halides is 1. The number of amides is 3. The van der Waals surface area contributed by atoms with Crippen LogP contribution in [0.15, 0.2) is 54.6 Å². The van der Waals surface area contributed by atoms with E-state index in [4.69, 9.17) is 11.6 Å². The van der Waals surface area contributed by atoms with Crippen LogP contribution in [0, 0.1) is 5.92 Å². The highest BCUT2D eigenvalue weighted by atomic mass is 79.9. The van der Waals surface area contributed by atoms with Crippen molar-refractivity contribution in [2.45, 2.75) is 30.1 Å². The van der Waals surface area contributed by atoms with E-state index in [0.29, 0.717) is 29.1 Å². The van der Waals surface area contributed by atoms with Gasteiger partial charge in [-0.25, -0.2) is 9.69 Å². The van der Waals surface area contributed by atoms with Crippen molar-refractivity contribution < 1.29 is 14.4 Å². The van der Waals surface area contributed by atoms with E-state index in [1.807, 2.05) is 6.07 Å². The van der Waals surface area contributed by atoms with Crippen molar-refractivity contribution in [3.63, 3.8) is 0 Å². The number of nitrogens with zero attached hydrogens (tertiary/aromatic N) is 2. The number of fused-ring (bicyclic) bond motifs is 1. The van der Waals surface area contributed by atoms with Crippen LogP contribution in [0.25, 0.3) is 0 Å². The molecule has 7 heteroatoms. The van der Waals surface area contributed by atoms with Gasteiger partial charge in [-0.3, -0.25) is 9.59 Å². The number of anilines is 1. The molecule has 0 radical (unpaired) electrons. The van der Waals surface area contributed by atoms with Crippen LogP contribution in [0.4, 0.5) is 10.5 Å². The summed E-state index contributed by atoms with van der Waals surface area (Å²) >= 11 is 9.54. The van der Waals surface area contributed by atoms with Crippen LogP contribution >= 0.6 is 27.5 Å². The summed E-state index contributed by atoms with van der Waals surface area (Å²) in [7, 11) is 0. The minimum atomic E-state index is -0.433. The number of ketones is 1. The topological polar surface area (TPSA) is 57.7 Å². The minimum Gasteiger partial charge on any atom is -0.312 e. The third-order valence-corrected chi connectivity index (χ3v) is 6.70. The molecule has 1 saturated heterocycles. The van der Waals surface area contributed by atoms with Crippen LogP contribution in [0.1, 0.15) is 29.6 Å². The summed E-state index contributed by atoms with van der Waals surface area (Å²) in [4.78, 5) is 42.5. The summed E-state index contributed by atoms with van der Waals surface area (Å²) in [5, 5.41) is 0.548. The molecule has 5 nitrogen and oxygen atoms in total. The van der Waals surface area contributed by atoms with Gasteiger partial charge in [0.1, 0.15) is 0 Å². The zero-order valence-electron chi connectivity index (χ0n) is 15.6. The van der Waals surface area contributed by atoms with Gasteiger partial charge in [0.25, 0.3) is 0 Å². The van der Waals surface area contributed by atoms with Gasteiger partial charge in [-0.1, -0.05) is 45.7 Å². The van der Waals surface area contributed by atoms with Gasteiger partial charge in [-0.05, 0) is 55.7 Å². The fraction of sp³-hybridized carbons (Fsp3) is 0.318. The standard InChI is InChI=1S/C22H20BrClN2O3/c23-15-8-11-19-18(12-15)21(28)26(17-4-2-1-3-5-17)22(29)25(19)13-20(27)14-6-9-16(24)10-7-14/h1-7,9-10,15,18-19H,8,11-13H2. The van der Waals surface area contributed by atoms with Crippen molar-refractivity contribution in [1.29, 1.82) is 0 Å². The lowest BCUT2D eigenvalue weighted by molar-refractivity contribution is -0.126. The number of hydrogen-bond donors (Lipinski definition) is 0. The molecule has 0 aromatic heterocycles. The molecule has 2 aromatic carbocycles. The van der Waals surface area contributed by atoms with Crippen molar-refractivity contribution in [3.8, 4) is 0 Å². The fourth-order valence-electron chi connectivity index (χ4n) is 4.15. The molecule has 1 saturated carbocycles. The number of hydrogen-bond acceptors (Lipinski definition) is 3. The van der Waals surface area contributed by atoms with Gasteiger partial charge in [0.05, 0.1) is 18.2 Å². The number of carbonyl (C=O) groups is 3. The summed E-state index contributed by atoms with van der Waals surface area (Å²) < 4.78 is 0. The van der Waals surface area contributed by atoms with Gasteiger partial charge in [0, 0.05) is 21.5 Å². The summed E-state index contributed by atoms with van der Waals surface area (Å²) in [6.07, 6.45) is 2.19. The average Bonchev–Trinajstić information content (AvgIpc) is 2.72. The predicted molar refractivity (Wildman–Crippen MR) is 116 cm³/mol. The van der Waals surface area contributed by atoms with E-state index >= 15 is 0 Å². The second kappa shape index (κ2) is 8.28. The molecule has 1 aliphatic heterocycles. The predicted octanol–water partition coefficient (Wildman–Crippen LogP) is 4.92. The third kappa shape index (κ3) is 3.96. The number of benzene rings is 2. The number of imide groups is 1. The first kappa shape index (κ1) is 20.1. The summed E-state index contributed by atoms with van der Waals surface area (Å²) in [6.45, 7) is -0.0643. The van der Waals surface area contributed by atoms with E-state index in [1.165, 1.54) is 4.90 Å². The molecule has 29 heavy (non-hydrogen) atoms. The molecule has 3 amide bonds. The van der Waals surface area contributed by atoms with Crippen molar-refractivity contribution in [2.75, 3.05) is 11.4 Å². The average molecular weight is 476 g/mol. The number of urea groups is 1. The molecular formula is C22H20BrClN2O3. The van der Waals surface area contributed by atoms with E-state index in [2.05, 4.69) is 15.9 Å². The fourth-order valence-corrected chi connectivity index (χ4v) is 4.95. The van der Waals surface area contributed by atoms with E-state index in [1.54, 1.807) is 53.4 Å². The van der Waals surface area contributed by atoms with Gasteiger partial charge in [0.15, 0.2) is 5.78 Å². The second-order valence-corrected chi connectivity index (χ2v) is 9.17. The Labute approximate surface area is 182 Å². The lowest BCUT2D eigenvalue weighted by Gasteiger charge is -2.47. The highest BCUT2D eigenvalue weighted by Crippen LogP contribution is 2.38. The normalized spacial score (nSPS) is 24.4. The summed E-state index contributed by atoms with van der Waals surface area (Å²) in [5.74, 6) is -0.688. The van der Waals surface area contributed by atoms with Crippen LogP contribution in [0.2, 0.25) is 5.02 Å². The molecule has 4 rings (SSSR count). The van der Waals surface area contributed by atoms with Gasteiger partial charge in [0.2, 0.25) is 5.91 Å². The van der Waals surface area contributed by atoms with Crippen molar-refractivity contribution in [2.24, 2.45) is 5.92 Å². The molecule has 3 unspecified atom stereocenters. The molecule has 2 aromatic rings. The molecule has 1 heterocycles. The lowest BCUT2D eigenvalue weighted by atomic mass is 9.80. The van der Waals surface area contributed by atoms with Crippen LogP contribution in [-0.4, -0.2) is 40.0 Å². The largest absolute Gasteiger partial charge is 0.332 e. The van der Waals surface area contributed by atoms with E-state index in [0.717, 1.165) is 6.42 Å². The quantitative estimate of drug-likeness (QED) is 0.466. The Balaban J connectivity index is 1.66. The first-order valence-electron chi connectivity index (χ1n) is 9.58. The number of carbonyl (C=O) groups excluding carboxylic acids is 3. The Hall–Kier alpha value is -2.18. The molecule has 150 valence electrons. The zero-order valence-corrected chi connectivity index (χ0v) is 18.0. The Bertz CT molecular complexity index is 935. The monoisotopic (exact) mass is 474 g/mol. The molecule has 1 aliphatic carbocycles. The SMILES string of the molecule is O=C(CN1C(=O)N(c2ccccc2)C(=O)C2CC(Br)CCC21)c1ccc(Cl)cc1. The zero-order chi connectivity index (χ0) is 20.5. The van der Waals surface area contributed by atoms with Crippen LogP contribution in [-0.2, 0) is 4.79 Å². The number of Topliss-reactive ketones (excluding diaryl/α,β-unsaturated/α-hetero) is 1. The van der Waals surface area contributed by atoms with Crippen LogP contribution < -0.4 is 4.90 Å². The maximum Gasteiger partial charge on any atom is 0.332 e. The molecular weight excluding hydrogens is 456 g/mol. The smallest absolute Gasteiger partial charge is 0.312 e. The van der Waals surface area contributed by atoms with Gasteiger partial charge in [-0.2, -0.15) is 0 Å². The summed E-state index contributed by atoms with van der Waals surface area (Å²) in [6, 6.07) is 14.8. The summed E-state index contributed by atoms with van der Waals surface area (Å²) in [5.41, 5.74) is 1.03. The Kier molecular flexibility index (Phi) is 5.74. The van der Waals surface area contributed by atoms with E-state index in [9.17, 15) is 14.4 Å².